The predicted molar refractivity (Wildman–Crippen MR) is 80.1 cm³/mol. The molecule has 0 saturated carbocycles. The van der Waals surface area contributed by atoms with Gasteiger partial charge in [-0.05, 0) is 74.1 Å². The zero-order valence-corrected chi connectivity index (χ0v) is 13.3. The van der Waals surface area contributed by atoms with Gasteiger partial charge in [0, 0.05) is 24.2 Å². The first-order valence-corrected chi connectivity index (χ1v) is 7.45. The highest BCUT2D eigenvalue weighted by atomic mass is 15.2. The molecule has 1 N–H and O–H groups in total. The minimum atomic E-state index is 0.244. The van der Waals surface area contributed by atoms with Gasteiger partial charge in [0.05, 0.1) is 0 Å². The molecule has 1 aliphatic heterocycles. The Morgan fingerprint density at radius 2 is 2.00 bits per heavy atom. The third kappa shape index (κ3) is 5.68. The highest BCUT2D eigenvalue weighted by molar-refractivity contribution is 4.82. The van der Waals surface area contributed by atoms with Crippen LogP contribution in [0, 0.1) is 0 Å². The lowest BCUT2D eigenvalue weighted by atomic mass is 10.0. The van der Waals surface area contributed by atoms with Crippen LogP contribution in [0.2, 0.25) is 0 Å². The monoisotopic (exact) mass is 255 g/mol. The van der Waals surface area contributed by atoms with Crippen molar-refractivity contribution in [3.63, 3.8) is 0 Å². The van der Waals surface area contributed by atoms with Crippen molar-refractivity contribution in [1.29, 1.82) is 0 Å². The second kappa shape index (κ2) is 6.88. The van der Waals surface area contributed by atoms with E-state index in [4.69, 9.17) is 0 Å². The summed E-state index contributed by atoms with van der Waals surface area (Å²) < 4.78 is 0. The summed E-state index contributed by atoms with van der Waals surface area (Å²) in [6.07, 6.45) is 3.95. The van der Waals surface area contributed by atoms with Gasteiger partial charge in [-0.2, -0.15) is 0 Å². The van der Waals surface area contributed by atoms with Gasteiger partial charge >= 0.3 is 0 Å². The highest BCUT2D eigenvalue weighted by Crippen LogP contribution is 2.17. The summed E-state index contributed by atoms with van der Waals surface area (Å²) >= 11 is 0. The van der Waals surface area contributed by atoms with E-state index in [1.165, 1.54) is 32.4 Å². The summed E-state index contributed by atoms with van der Waals surface area (Å²) in [5.74, 6) is 0. The molecule has 2 atom stereocenters. The maximum atomic E-state index is 3.59. The number of likely N-dealkylation sites (tertiary alicyclic amines) is 1. The summed E-state index contributed by atoms with van der Waals surface area (Å²) in [6, 6.07) is 1.44. The Morgan fingerprint density at radius 3 is 2.56 bits per heavy atom. The van der Waals surface area contributed by atoms with Crippen molar-refractivity contribution >= 4 is 0 Å². The third-order valence-corrected chi connectivity index (χ3v) is 4.00. The van der Waals surface area contributed by atoms with Crippen LogP contribution in [-0.4, -0.2) is 61.2 Å². The lowest BCUT2D eigenvalue weighted by molar-refractivity contribution is 0.0980. The first-order chi connectivity index (χ1) is 8.29. The minimum Gasteiger partial charge on any atom is -0.312 e. The Kier molecular flexibility index (Phi) is 6.09. The van der Waals surface area contributed by atoms with Gasteiger partial charge < -0.3 is 10.2 Å². The van der Waals surface area contributed by atoms with E-state index in [0.29, 0.717) is 6.04 Å². The fourth-order valence-corrected chi connectivity index (χ4v) is 2.64. The Hall–Kier alpha value is -0.120. The van der Waals surface area contributed by atoms with Crippen molar-refractivity contribution < 1.29 is 0 Å². The van der Waals surface area contributed by atoms with Gasteiger partial charge in [-0.15, -0.1) is 0 Å². The topological polar surface area (TPSA) is 18.5 Å². The van der Waals surface area contributed by atoms with Crippen molar-refractivity contribution in [1.82, 2.24) is 15.1 Å². The lowest BCUT2D eigenvalue weighted by Gasteiger charge is -2.39. The zero-order chi connectivity index (χ0) is 13.8. The van der Waals surface area contributed by atoms with E-state index < -0.39 is 0 Å². The summed E-state index contributed by atoms with van der Waals surface area (Å²) in [6.45, 7) is 12.7. The largest absolute Gasteiger partial charge is 0.312 e. The molecule has 3 nitrogen and oxygen atoms in total. The number of rotatable bonds is 5. The highest BCUT2D eigenvalue weighted by Gasteiger charge is 2.24. The lowest BCUT2D eigenvalue weighted by Crippen LogP contribution is -2.49. The molecule has 0 aromatic rings. The number of hydrogen-bond donors (Lipinski definition) is 1. The molecule has 1 aliphatic rings. The van der Waals surface area contributed by atoms with Gasteiger partial charge in [0.1, 0.15) is 0 Å². The molecule has 0 radical (unpaired) electrons. The van der Waals surface area contributed by atoms with Crippen molar-refractivity contribution in [3.05, 3.63) is 0 Å². The van der Waals surface area contributed by atoms with E-state index in [-0.39, 0.29) is 5.54 Å². The molecule has 1 saturated heterocycles. The molecule has 0 aromatic carbocycles. The molecular weight excluding hydrogens is 222 g/mol. The molecule has 1 fully saturated rings. The van der Waals surface area contributed by atoms with Crippen LogP contribution in [0.3, 0.4) is 0 Å². The van der Waals surface area contributed by atoms with Crippen LogP contribution in [0.1, 0.15) is 47.0 Å². The first-order valence-electron chi connectivity index (χ1n) is 7.45. The van der Waals surface area contributed by atoms with Gasteiger partial charge in [-0.25, -0.2) is 0 Å². The fourth-order valence-electron chi connectivity index (χ4n) is 2.64. The molecule has 1 heterocycles. The predicted octanol–water partition coefficient (Wildman–Crippen LogP) is 2.18. The molecule has 3 heteroatoms. The fraction of sp³-hybridized carbons (Fsp3) is 1.00. The summed E-state index contributed by atoms with van der Waals surface area (Å²) in [7, 11) is 4.42. The average Bonchev–Trinajstić information content (AvgIpc) is 2.27. The molecule has 0 aromatic heterocycles. The maximum absolute atomic E-state index is 3.59. The first kappa shape index (κ1) is 15.9. The van der Waals surface area contributed by atoms with Crippen LogP contribution in [0.15, 0.2) is 0 Å². The summed E-state index contributed by atoms with van der Waals surface area (Å²) in [5, 5.41) is 3.59. The average molecular weight is 255 g/mol. The van der Waals surface area contributed by atoms with Crippen LogP contribution in [-0.2, 0) is 0 Å². The number of likely N-dealkylation sites (N-methyl/N-ethyl adjacent to an activating group) is 1. The Labute approximate surface area is 114 Å². The molecule has 18 heavy (non-hydrogen) atoms. The van der Waals surface area contributed by atoms with Crippen LogP contribution >= 0.6 is 0 Å². The molecule has 1 rings (SSSR count). The second-order valence-corrected chi connectivity index (χ2v) is 7.07. The normalized spacial score (nSPS) is 24.5. The summed E-state index contributed by atoms with van der Waals surface area (Å²) in [4.78, 5) is 5.05. The van der Waals surface area contributed by atoms with Crippen molar-refractivity contribution in [2.24, 2.45) is 0 Å². The van der Waals surface area contributed by atoms with Crippen LogP contribution in [0.25, 0.3) is 0 Å². The van der Waals surface area contributed by atoms with E-state index in [1.807, 2.05) is 0 Å². The van der Waals surface area contributed by atoms with Crippen molar-refractivity contribution in [2.75, 3.05) is 33.7 Å². The van der Waals surface area contributed by atoms with Gasteiger partial charge in [-0.3, -0.25) is 4.90 Å². The van der Waals surface area contributed by atoms with Gasteiger partial charge in [0.2, 0.25) is 0 Å². The Bertz CT molecular complexity index is 232. The quantitative estimate of drug-likeness (QED) is 0.812. The maximum Gasteiger partial charge on any atom is 0.0217 e. The van der Waals surface area contributed by atoms with Crippen LogP contribution in [0.5, 0.6) is 0 Å². The Morgan fingerprint density at radius 1 is 1.33 bits per heavy atom. The standard InChI is InChI=1S/C15H33N3/c1-13(9-10-16-15(2,3)4)18-11-7-8-14(12-18)17(5)6/h13-14,16H,7-12H2,1-6H3. The number of hydrogen-bond acceptors (Lipinski definition) is 3. The Balaban J connectivity index is 2.30. The second-order valence-electron chi connectivity index (χ2n) is 7.07. The molecule has 0 spiro atoms. The molecule has 0 amide bonds. The van der Waals surface area contributed by atoms with Crippen LogP contribution in [0.4, 0.5) is 0 Å². The van der Waals surface area contributed by atoms with E-state index in [1.54, 1.807) is 0 Å². The van der Waals surface area contributed by atoms with Gasteiger partial charge in [0.15, 0.2) is 0 Å². The van der Waals surface area contributed by atoms with Gasteiger partial charge in [-0.1, -0.05) is 0 Å². The molecule has 0 aliphatic carbocycles. The molecule has 0 bridgehead atoms. The zero-order valence-electron chi connectivity index (χ0n) is 13.3. The number of piperidine rings is 1. The summed E-state index contributed by atoms with van der Waals surface area (Å²) in [5.41, 5.74) is 0.244. The van der Waals surface area contributed by atoms with Gasteiger partial charge in [0.25, 0.3) is 0 Å². The van der Waals surface area contributed by atoms with Crippen LogP contribution < -0.4 is 5.32 Å². The van der Waals surface area contributed by atoms with E-state index >= 15 is 0 Å². The molecule has 108 valence electrons. The van der Waals surface area contributed by atoms with E-state index in [9.17, 15) is 0 Å². The van der Waals surface area contributed by atoms with E-state index in [0.717, 1.165) is 12.6 Å². The SMILES string of the molecule is CC(CCNC(C)(C)C)N1CCCC(N(C)C)C1. The van der Waals surface area contributed by atoms with E-state index in [2.05, 4.69) is 56.9 Å². The molecular formula is C15H33N3. The van der Waals surface area contributed by atoms with Crippen molar-refractivity contribution in [2.45, 2.75) is 64.6 Å². The third-order valence-electron chi connectivity index (χ3n) is 4.00. The number of nitrogens with zero attached hydrogens (tertiary/aromatic N) is 2. The smallest absolute Gasteiger partial charge is 0.0217 e. The van der Waals surface area contributed by atoms with Crippen molar-refractivity contribution in [3.8, 4) is 0 Å². The minimum absolute atomic E-state index is 0.244. The molecule has 2 unspecified atom stereocenters. The number of nitrogens with one attached hydrogen (secondary N) is 1.